The molecule has 0 atom stereocenters. The zero-order valence-electron chi connectivity index (χ0n) is 16.1. The van der Waals surface area contributed by atoms with Crippen LogP contribution in [0.1, 0.15) is 58.1 Å². The molecule has 0 bridgehead atoms. The summed E-state index contributed by atoms with van der Waals surface area (Å²) in [4.78, 5) is 7.34. The molecule has 1 aliphatic rings. The van der Waals surface area contributed by atoms with Crippen molar-refractivity contribution in [1.82, 2.24) is 15.5 Å². The molecule has 1 aromatic heterocycles. The summed E-state index contributed by atoms with van der Waals surface area (Å²) in [6.45, 7) is 9.87. The second-order valence-electron chi connectivity index (χ2n) is 6.95. The van der Waals surface area contributed by atoms with E-state index in [9.17, 15) is 0 Å². The predicted octanol–water partition coefficient (Wildman–Crippen LogP) is 3.42. The summed E-state index contributed by atoms with van der Waals surface area (Å²) in [7, 11) is 0. The molecule has 1 fully saturated rings. The highest BCUT2D eigenvalue weighted by molar-refractivity contribution is 5.80. The summed E-state index contributed by atoms with van der Waals surface area (Å²) in [6.07, 6.45) is 9.95. The van der Waals surface area contributed by atoms with Gasteiger partial charge in [-0.3, -0.25) is 4.99 Å². The Hall–Kier alpha value is -1.49. The van der Waals surface area contributed by atoms with Crippen molar-refractivity contribution in [1.29, 1.82) is 0 Å². The van der Waals surface area contributed by atoms with Crippen LogP contribution >= 0.6 is 0 Å². The summed E-state index contributed by atoms with van der Waals surface area (Å²) >= 11 is 0. The van der Waals surface area contributed by atoms with Crippen LogP contribution in [0.3, 0.4) is 0 Å². The zero-order chi connectivity index (χ0) is 17.7. The number of piperidine rings is 1. The van der Waals surface area contributed by atoms with Crippen molar-refractivity contribution in [2.45, 2.75) is 64.8 Å². The molecular formula is C20H36N4O. The fourth-order valence-electron chi connectivity index (χ4n) is 3.14. The van der Waals surface area contributed by atoms with Crippen LogP contribution in [0.25, 0.3) is 0 Å². The fraction of sp³-hybridized carbons (Fsp3) is 0.750. The molecule has 0 spiro atoms. The maximum absolute atomic E-state index is 5.40. The third kappa shape index (κ3) is 7.95. The molecule has 0 amide bonds. The largest absolute Gasteiger partial charge is 0.469 e. The number of furan rings is 1. The summed E-state index contributed by atoms with van der Waals surface area (Å²) in [6, 6.07) is 4.50. The summed E-state index contributed by atoms with van der Waals surface area (Å²) in [5.41, 5.74) is 0. The van der Waals surface area contributed by atoms with Gasteiger partial charge in [0.2, 0.25) is 0 Å². The first-order valence-electron chi connectivity index (χ1n) is 10.1. The van der Waals surface area contributed by atoms with E-state index in [0.29, 0.717) is 6.04 Å². The van der Waals surface area contributed by atoms with E-state index in [4.69, 9.17) is 9.41 Å². The lowest BCUT2D eigenvalue weighted by Gasteiger charge is -2.33. The Balaban J connectivity index is 1.74. The topological polar surface area (TPSA) is 52.8 Å². The van der Waals surface area contributed by atoms with E-state index < -0.39 is 0 Å². The Bertz CT molecular complexity index is 464. The number of rotatable bonds is 10. The molecule has 0 unspecified atom stereocenters. The molecular weight excluding hydrogens is 312 g/mol. The van der Waals surface area contributed by atoms with E-state index in [2.05, 4.69) is 29.4 Å². The average Bonchev–Trinajstić information content (AvgIpc) is 3.14. The Morgan fingerprint density at radius 1 is 1.24 bits per heavy atom. The number of nitrogens with zero attached hydrogens (tertiary/aromatic N) is 2. The van der Waals surface area contributed by atoms with E-state index in [1.807, 2.05) is 12.1 Å². The molecule has 5 heteroatoms. The maximum atomic E-state index is 5.40. The molecule has 1 aromatic rings. The van der Waals surface area contributed by atoms with Crippen molar-refractivity contribution >= 4 is 5.96 Å². The number of likely N-dealkylation sites (tertiary alicyclic amines) is 1. The van der Waals surface area contributed by atoms with Gasteiger partial charge in [0, 0.05) is 38.6 Å². The molecule has 1 saturated heterocycles. The lowest BCUT2D eigenvalue weighted by molar-refractivity contribution is 0.203. The van der Waals surface area contributed by atoms with Gasteiger partial charge >= 0.3 is 0 Å². The first-order valence-corrected chi connectivity index (χ1v) is 10.1. The first kappa shape index (κ1) is 19.8. The van der Waals surface area contributed by atoms with Gasteiger partial charge in [-0.1, -0.05) is 26.7 Å². The molecule has 0 saturated carbocycles. The Morgan fingerprint density at radius 2 is 2.04 bits per heavy atom. The first-order chi connectivity index (χ1) is 12.3. The Labute approximate surface area is 153 Å². The molecule has 25 heavy (non-hydrogen) atoms. The van der Waals surface area contributed by atoms with Gasteiger partial charge < -0.3 is 20.0 Å². The highest BCUT2D eigenvalue weighted by Gasteiger charge is 2.19. The van der Waals surface area contributed by atoms with Crippen LogP contribution in [0.2, 0.25) is 0 Å². The molecule has 0 aromatic carbocycles. The van der Waals surface area contributed by atoms with E-state index in [-0.39, 0.29) is 0 Å². The summed E-state index contributed by atoms with van der Waals surface area (Å²) in [5.74, 6) is 1.98. The van der Waals surface area contributed by atoms with Crippen molar-refractivity contribution in [3.8, 4) is 0 Å². The van der Waals surface area contributed by atoms with Gasteiger partial charge in [-0.05, 0) is 44.4 Å². The van der Waals surface area contributed by atoms with Crippen molar-refractivity contribution in [2.24, 2.45) is 4.99 Å². The van der Waals surface area contributed by atoms with Crippen LogP contribution in [0.5, 0.6) is 0 Å². The Morgan fingerprint density at radius 3 is 2.72 bits per heavy atom. The third-order valence-electron chi connectivity index (χ3n) is 4.78. The van der Waals surface area contributed by atoms with Gasteiger partial charge in [0.1, 0.15) is 5.76 Å². The lowest BCUT2D eigenvalue weighted by atomic mass is 10.0. The third-order valence-corrected chi connectivity index (χ3v) is 4.78. The van der Waals surface area contributed by atoms with Crippen LogP contribution in [0.15, 0.2) is 27.8 Å². The number of hydrogen-bond donors (Lipinski definition) is 2. The number of unbranched alkanes of at least 4 members (excludes halogenated alkanes) is 2. The number of hydrogen-bond acceptors (Lipinski definition) is 3. The number of aliphatic imine (C=N–C) groups is 1. The zero-order valence-corrected chi connectivity index (χ0v) is 16.1. The molecule has 142 valence electrons. The second kappa shape index (κ2) is 12.0. The van der Waals surface area contributed by atoms with E-state index in [0.717, 1.165) is 37.7 Å². The minimum Gasteiger partial charge on any atom is -0.469 e. The minimum atomic E-state index is 0.536. The fourth-order valence-corrected chi connectivity index (χ4v) is 3.14. The summed E-state index contributed by atoms with van der Waals surface area (Å²) in [5, 5.41) is 7.13. The van der Waals surface area contributed by atoms with Gasteiger partial charge in [0.25, 0.3) is 0 Å². The average molecular weight is 349 g/mol. The van der Waals surface area contributed by atoms with Crippen LogP contribution in [0.4, 0.5) is 0 Å². The van der Waals surface area contributed by atoms with Gasteiger partial charge in [0.15, 0.2) is 5.96 Å². The SMILES string of the molecule is CCCCN=C(NCCc1ccco1)NC1CCN(CCCC)CC1. The molecule has 2 rings (SSSR count). The molecule has 5 nitrogen and oxygen atoms in total. The lowest BCUT2D eigenvalue weighted by Crippen LogP contribution is -2.49. The van der Waals surface area contributed by atoms with Gasteiger partial charge in [-0.2, -0.15) is 0 Å². The van der Waals surface area contributed by atoms with E-state index in [1.165, 1.54) is 51.7 Å². The number of nitrogens with one attached hydrogen (secondary N) is 2. The van der Waals surface area contributed by atoms with Crippen LogP contribution < -0.4 is 10.6 Å². The smallest absolute Gasteiger partial charge is 0.191 e. The number of guanidine groups is 1. The molecule has 0 radical (unpaired) electrons. The van der Waals surface area contributed by atoms with E-state index in [1.54, 1.807) is 6.26 Å². The molecule has 2 heterocycles. The Kier molecular flexibility index (Phi) is 9.49. The maximum Gasteiger partial charge on any atom is 0.191 e. The molecule has 0 aliphatic carbocycles. The quantitative estimate of drug-likeness (QED) is 0.386. The second-order valence-corrected chi connectivity index (χ2v) is 6.95. The van der Waals surface area contributed by atoms with Crippen molar-refractivity contribution in [3.63, 3.8) is 0 Å². The van der Waals surface area contributed by atoms with Gasteiger partial charge in [-0.25, -0.2) is 0 Å². The van der Waals surface area contributed by atoms with Crippen LogP contribution in [0, 0.1) is 0 Å². The summed E-state index contributed by atoms with van der Waals surface area (Å²) < 4.78 is 5.40. The van der Waals surface area contributed by atoms with Crippen LogP contribution in [-0.4, -0.2) is 49.6 Å². The monoisotopic (exact) mass is 348 g/mol. The minimum absolute atomic E-state index is 0.536. The normalized spacial score (nSPS) is 17.0. The highest BCUT2D eigenvalue weighted by Crippen LogP contribution is 2.11. The predicted molar refractivity (Wildman–Crippen MR) is 105 cm³/mol. The molecule has 2 N–H and O–H groups in total. The molecule has 1 aliphatic heterocycles. The van der Waals surface area contributed by atoms with Gasteiger partial charge in [-0.15, -0.1) is 0 Å². The van der Waals surface area contributed by atoms with Crippen molar-refractivity contribution in [2.75, 3.05) is 32.7 Å². The van der Waals surface area contributed by atoms with Crippen molar-refractivity contribution < 1.29 is 4.42 Å². The van der Waals surface area contributed by atoms with Gasteiger partial charge in [0.05, 0.1) is 6.26 Å². The standard InChI is InChI=1S/C20H36N4O/c1-3-5-12-21-20(22-13-9-19-8-7-17-25-19)23-18-10-15-24(16-11-18)14-6-4-2/h7-8,17-18H,3-6,9-16H2,1-2H3,(H2,21,22,23). The van der Waals surface area contributed by atoms with E-state index >= 15 is 0 Å². The van der Waals surface area contributed by atoms with Crippen molar-refractivity contribution in [3.05, 3.63) is 24.2 Å². The van der Waals surface area contributed by atoms with Crippen LogP contribution in [-0.2, 0) is 6.42 Å². The highest BCUT2D eigenvalue weighted by atomic mass is 16.3.